The zero-order chi connectivity index (χ0) is 10.0. The molecule has 0 heterocycles. The Balaban J connectivity index is 3.33. The van der Waals surface area contributed by atoms with Crippen molar-refractivity contribution in [3.05, 3.63) is 26.3 Å². The number of esters is 1. The topological polar surface area (TPSA) is 52.3 Å². The van der Waals surface area contributed by atoms with Gasteiger partial charge in [0.1, 0.15) is 0 Å². The molecule has 0 aromatic heterocycles. The molecule has 0 unspecified atom stereocenters. The summed E-state index contributed by atoms with van der Waals surface area (Å²) in [7, 11) is 1.30. The Labute approximate surface area is 94.3 Å². The lowest BCUT2D eigenvalue weighted by molar-refractivity contribution is 0.0601. The quantitative estimate of drug-likeness (QED) is 0.492. The molecule has 0 amide bonds. The largest absolute Gasteiger partial charge is 0.465 e. The molecule has 1 rings (SSSR count). The first-order valence-corrected chi connectivity index (χ1v) is 4.85. The van der Waals surface area contributed by atoms with Crippen LogP contribution < -0.4 is 5.73 Å². The molecule has 0 fully saturated rings. The number of carbonyl (C=O) groups is 1. The van der Waals surface area contributed by atoms with E-state index in [0.717, 1.165) is 3.57 Å². The average molecular weight is 312 g/mol. The van der Waals surface area contributed by atoms with Crippen molar-refractivity contribution in [3.8, 4) is 0 Å². The van der Waals surface area contributed by atoms with Crippen molar-refractivity contribution in [2.45, 2.75) is 0 Å². The van der Waals surface area contributed by atoms with Gasteiger partial charge in [0, 0.05) is 3.57 Å². The summed E-state index contributed by atoms with van der Waals surface area (Å²) in [4.78, 5) is 11.2. The molecular weight excluding hydrogens is 304 g/mol. The van der Waals surface area contributed by atoms with Crippen LogP contribution in [-0.2, 0) is 4.74 Å². The van der Waals surface area contributed by atoms with Crippen molar-refractivity contribution in [1.29, 1.82) is 0 Å². The molecule has 0 spiro atoms. The van der Waals surface area contributed by atoms with Gasteiger partial charge in [-0.25, -0.2) is 4.79 Å². The van der Waals surface area contributed by atoms with Gasteiger partial charge in [-0.3, -0.25) is 0 Å². The van der Waals surface area contributed by atoms with Gasteiger partial charge in [-0.15, -0.1) is 0 Å². The smallest absolute Gasteiger partial charge is 0.341 e. The molecule has 0 aliphatic carbocycles. The molecule has 0 bridgehead atoms. The second kappa shape index (κ2) is 4.15. The van der Waals surface area contributed by atoms with Crippen molar-refractivity contribution in [2.75, 3.05) is 12.8 Å². The molecule has 0 aliphatic rings. The number of halogens is 2. The van der Waals surface area contributed by atoms with Crippen molar-refractivity contribution in [1.82, 2.24) is 0 Å². The fourth-order valence-electron chi connectivity index (χ4n) is 0.877. The number of hydrogen-bond acceptors (Lipinski definition) is 3. The first kappa shape index (κ1) is 10.6. The number of carbonyl (C=O) groups excluding carboxylic acids is 1. The molecule has 5 heteroatoms. The third-order valence-corrected chi connectivity index (χ3v) is 2.76. The van der Waals surface area contributed by atoms with Crippen LogP contribution in [0.3, 0.4) is 0 Å². The maximum absolute atomic E-state index is 11.2. The Hall–Kier alpha value is -0.490. The highest BCUT2D eigenvalue weighted by atomic mass is 127. The van der Waals surface area contributed by atoms with Crippen LogP contribution in [0.1, 0.15) is 10.4 Å². The molecule has 0 atom stereocenters. The molecule has 0 radical (unpaired) electrons. The van der Waals surface area contributed by atoms with Crippen molar-refractivity contribution in [3.63, 3.8) is 0 Å². The zero-order valence-electron chi connectivity index (χ0n) is 6.80. The Morgan fingerprint density at radius 2 is 2.23 bits per heavy atom. The summed E-state index contributed by atoms with van der Waals surface area (Å²) in [5, 5.41) is 0.362. The second-order valence-electron chi connectivity index (χ2n) is 2.31. The van der Waals surface area contributed by atoms with E-state index in [1.807, 2.05) is 22.6 Å². The maximum atomic E-state index is 11.2. The third-order valence-electron chi connectivity index (χ3n) is 1.53. The lowest BCUT2D eigenvalue weighted by atomic mass is 10.2. The highest BCUT2D eigenvalue weighted by Gasteiger charge is 2.15. The van der Waals surface area contributed by atoms with E-state index >= 15 is 0 Å². The van der Waals surface area contributed by atoms with E-state index in [-0.39, 0.29) is 5.69 Å². The van der Waals surface area contributed by atoms with Gasteiger partial charge in [0.05, 0.1) is 23.4 Å². The lowest BCUT2D eigenvalue weighted by Gasteiger charge is -2.06. The minimum absolute atomic E-state index is 0.264. The van der Waals surface area contributed by atoms with Crippen molar-refractivity contribution in [2.24, 2.45) is 0 Å². The van der Waals surface area contributed by atoms with E-state index in [1.54, 1.807) is 12.1 Å². The molecule has 0 saturated heterocycles. The van der Waals surface area contributed by atoms with Gasteiger partial charge in [-0.2, -0.15) is 0 Å². The monoisotopic (exact) mass is 311 g/mol. The fraction of sp³-hybridized carbons (Fsp3) is 0.125. The molecule has 1 aromatic rings. The molecule has 1 aromatic carbocycles. The second-order valence-corrected chi connectivity index (χ2v) is 3.88. The minimum Gasteiger partial charge on any atom is -0.465 e. The zero-order valence-corrected chi connectivity index (χ0v) is 9.72. The van der Waals surface area contributed by atoms with E-state index in [4.69, 9.17) is 17.3 Å². The SMILES string of the molecule is COC(=O)c1c(I)ccc(Cl)c1N. The summed E-state index contributed by atoms with van der Waals surface area (Å²) in [6.45, 7) is 0. The molecular formula is C8H7ClINO2. The van der Waals surface area contributed by atoms with E-state index < -0.39 is 5.97 Å². The van der Waals surface area contributed by atoms with Crippen LogP contribution in [0.5, 0.6) is 0 Å². The molecule has 0 aliphatic heterocycles. The molecule has 70 valence electrons. The van der Waals surface area contributed by atoms with E-state index in [0.29, 0.717) is 10.6 Å². The first-order valence-electron chi connectivity index (χ1n) is 3.39. The summed E-state index contributed by atoms with van der Waals surface area (Å²) in [6.07, 6.45) is 0. The highest BCUT2D eigenvalue weighted by Crippen LogP contribution is 2.27. The number of hydrogen-bond donors (Lipinski definition) is 1. The summed E-state index contributed by atoms with van der Waals surface area (Å²) in [6, 6.07) is 3.36. The highest BCUT2D eigenvalue weighted by molar-refractivity contribution is 14.1. The number of nitrogen functional groups attached to an aromatic ring is 1. The van der Waals surface area contributed by atoms with E-state index in [2.05, 4.69) is 4.74 Å². The maximum Gasteiger partial charge on any atom is 0.341 e. The van der Waals surface area contributed by atoms with Gasteiger partial charge >= 0.3 is 5.97 Å². The minimum atomic E-state index is -0.468. The molecule has 0 saturated carbocycles. The van der Waals surface area contributed by atoms with Crippen molar-refractivity contribution < 1.29 is 9.53 Å². The number of nitrogens with two attached hydrogens (primary N) is 1. The van der Waals surface area contributed by atoms with Crippen LogP contribution in [0.2, 0.25) is 5.02 Å². The van der Waals surface area contributed by atoms with Gasteiger partial charge in [0.2, 0.25) is 0 Å². The summed E-state index contributed by atoms with van der Waals surface area (Å²) >= 11 is 7.75. The van der Waals surface area contributed by atoms with Crippen LogP contribution in [0.15, 0.2) is 12.1 Å². The number of benzene rings is 1. The van der Waals surface area contributed by atoms with Gasteiger partial charge < -0.3 is 10.5 Å². The lowest BCUT2D eigenvalue weighted by Crippen LogP contribution is -2.08. The predicted molar refractivity (Wildman–Crippen MR) is 59.9 cm³/mol. The van der Waals surface area contributed by atoms with Gasteiger partial charge in [0.15, 0.2) is 0 Å². The number of ether oxygens (including phenoxy) is 1. The summed E-state index contributed by atoms with van der Waals surface area (Å²) < 4.78 is 5.30. The predicted octanol–water partition coefficient (Wildman–Crippen LogP) is 2.31. The van der Waals surface area contributed by atoms with Crippen LogP contribution in [0, 0.1) is 3.57 Å². The number of anilines is 1. The van der Waals surface area contributed by atoms with Gasteiger partial charge in [-0.1, -0.05) is 11.6 Å². The van der Waals surface area contributed by atoms with Crippen LogP contribution in [0.4, 0.5) is 5.69 Å². The van der Waals surface area contributed by atoms with Crippen LogP contribution in [0.25, 0.3) is 0 Å². The normalized spacial score (nSPS) is 9.77. The Bertz CT molecular complexity index is 354. The Kier molecular flexibility index (Phi) is 3.38. The van der Waals surface area contributed by atoms with Crippen LogP contribution >= 0.6 is 34.2 Å². The molecule has 3 nitrogen and oxygen atoms in total. The number of rotatable bonds is 1. The van der Waals surface area contributed by atoms with E-state index in [9.17, 15) is 4.79 Å². The van der Waals surface area contributed by atoms with E-state index in [1.165, 1.54) is 7.11 Å². The summed E-state index contributed by atoms with van der Waals surface area (Å²) in [5.41, 5.74) is 6.22. The molecule has 2 N–H and O–H groups in total. The number of methoxy groups -OCH3 is 1. The standard InChI is InChI=1S/C8H7ClINO2/c1-13-8(12)6-5(10)3-2-4(9)7(6)11/h2-3H,11H2,1H3. The van der Waals surface area contributed by atoms with Crippen LogP contribution in [-0.4, -0.2) is 13.1 Å². The summed E-state index contributed by atoms with van der Waals surface area (Å²) in [5.74, 6) is -0.468. The average Bonchev–Trinajstić information content (AvgIpc) is 2.12. The third kappa shape index (κ3) is 2.05. The first-order chi connectivity index (χ1) is 6.07. The van der Waals surface area contributed by atoms with Crippen molar-refractivity contribution >= 4 is 45.8 Å². The Morgan fingerprint density at radius 1 is 1.62 bits per heavy atom. The van der Waals surface area contributed by atoms with Gasteiger partial charge in [0.25, 0.3) is 0 Å². The van der Waals surface area contributed by atoms with Gasteiger partial charge in [-0.05, 0) is 34.7 Å². The molecule has 13 heavy (non-hydrogen) atoms. The fourth-order valence-corrected chi connectivity index (χ4v) is 1.73. The Morgan fingerprint density at radius 3 is 2.77 bits per heavy atom.